The van der Waals surface area contributed by atoms with Gasteiger partial charge in [-0.3, -0.25) is 0 Å². The number of nitrogens with one attached hydrogen (secondary N) is 1. The molecule has 6 nitrogen and oxygen atoms in total. The van der Waals surface area contributed by atoms with Crippen LogP contribution in [-0.2, 0) is 4.74 Å². The molecule has 7 heteroatoms. The summed E-state index contributed by atoms with van der Waals surface area (Å²) in [5.74, 6) is 0.507. The monoisotopic (exact) mass is 296 g/mol. The standard InChI is InChI=1S/C13H17ClN4O2/c14-9-12(15)16-10-2-1-3-11(8-10)17-13(19)18-4-6-20-7-5-18/h1-3,8H,4-7,9H2,(H2,15,16)(H,17,19). The van der Waals surface area contributed by atoms with E-state index < -0.39 is 0 Å². The quantitative estimate of drug-likeness (QED) is 0.507. The lowest BCUT2D eigenvalue weighted by Crippen LogP contribution is -2.43. The van der Waals surface area contributed by atoms with E-state index in [1.807, 2.05) is 0 Å². The van der Waals surface area contributed by atoms with Gasteiger partial charge < -0.3 is 20.7 Å². The van der Waals surface area contributed by atoms with Crippen molar-refractivity contribution in [2.45, 2.75) is 0 Å². The fourth-order valence-corrected chi connectivity index (χ4v) is 1.88. The minimum absolute atomic E-state index is 0.139. The molecule has 20 heavy (non-hydrogen) atoms. The van der Waals surface area contributed by atoms with Crippen molar-refractivity contribution in [1.29, 1.82) is 0 Å². The lowest BCUT2D eigenvalue weighted by atomic mass is 10.3. The number of urea groups is 1. The lowest BCUT2D eigenvalue weighted by Gasteiger charge is -2.26. The van der Waals surface area contributed by atoms with Crippen LogP contribution in [0.1, 0.15) is 0 Å². The van der Waals surface area contributed by atoms with Crippen LogP contribution in [0.25, 0.3) is 0 Å². The molecular weight excluding hydrogens is 280 g/mol. The molecule has 1 aromatic rings. The summed E-state index contributed by atoms with van der Waals surface area (Å²) in [5.41, 5.74) is 6.91. The van der Waals surface area contributed by atoms with Crippen molar-refractivity contribution in [2.75, 3.05) is 37.5 Å². The zero-order valence-electron chi connectivity index (χ0n) is 11.0. The highest BCUT2D eigenvalue weighted by Gasteiger charge is 2.16. The van der Waals surface area contributed by atoms with Gasteiger partial charge in [-0.2, -0.15) is 0 Å². The first-order valence-corrected chi connectivity index (χ1v) is 6.85. The van der Waals surface area contributed by atoms with Crippen LogP contribution < -0.4 is 11.1 Å². The van der Waals surface area contributed by atoms with Gasteiger partial charge in [-0.1, -0.05) is 6.07 Å². The molecule has 1 aliphatic heterocycles. The molecule has 1 saturated heterocycles. The molecule has 1 fully saturated rings. The number of carbonyl (C=O) groups is 1. The highest BCUT2D eigenvalue weighted by molar-refractivity contribution is 6.28. The number of halogens is 1. The Morgan fingerprint density at radius 2 is 2.20 bits per heavy atom. The van der Waals surface area contributed by atoms with Crippen LogP contribution in [0.15, 0.2) is 29.3 Å². The highest BCUT2D eigenvalue weighted by atomic mass is 35.5. The number of nitrogens with zero attached hydrogens (tertiary/aromatic N) is 2. The van der Waals surface area contributed by atoms with Crippen LogP contribution in [0, 0.1) is 0 Å². The number of hydrogen-bond donors (Lipinski definition) is 2. The molecule has 1 aliphatic rings. The predicted octanol–water partition coefficient (Wildman–Crippen LogP) is 1.78. The third-order valence-corrected chi connectivity index (χ3v) is 3.08. The van der Waals surface area contributed by atoms with E-state index in [2.05, 4.69) is 10.3 Å². The third-order valence-electron chi connectivity index (χ3n) is 2.81. The van der Waals surface area contributed by atoms with Crippen molar-refractivity contribution in [3.05, 3.63) is 24.3 Å². The topological polar surface area (TPSA) is 79.9 Å². The number of nitrogens with two attached hydrogens (primary N) is 1. The summed E-state index contributed by atoms with van der Waals surface area (Å²) >= 11 is 5.58. The van der Waals surface area contributed by atoms with E-state index >= 15 is 0 Å². The first-order valence-electron chi connectivity index (χ1n) is 6.32. The van der Waals surface area contributed by atoms with Gasteiger partial charge in [-0.15, -0.1) is 11.6 Å². The van der Waals surface area contributed by atoms with Gasteiger partial charge in [0.15, 0.2) is 0 Å². The van der Waals surface area contributed by atoms with Crippen molar-refractivity contribution in [3.63, 3.8) is 0 Å². The normalized spacial score (nSPS) is 16.1. The number of carbonyl (C=O) groups excluding carboxylic acids is 1. The van der Waals surface area contributed by atoms with Crippen molar-refractivity contribution >= 4 is 34.8 Å². The van der Waals surface area contributed by atoms with Gasteiger partial charge in [-0.05, 0) is 18.2 Å². The molecule has 1 heterocycles. The van der Waals surface area contributed by atoms with Crippen LogP contribution in [0.3, 0.4) is 0 Å². The molecule has 0 spiro atoms. The van der Waals surface area contributed by atoms with Crippen molar-refractivity contribution < 1.29 is 9.53 Å². The number of amidine groups is 1. The van der Waals surface area contributed by atoms with Crippen molar-refractivity contribution in [1.82, 2.24) is 4.90 Å². The number of anilines is 1. The predicted molar refractivity (Wildman–Crippen MR) is 79.9 cm³/mol. The number of hydrogen-bond acceptors (Lipinski definition) is 3. The maximum atomic E-state index is 12.0. The zero-order valence-corrected chi connectivity index (χ0v) is 11.8. The fourth-order valence-electron chi connectivity index (χ4n) is 1.82. The van der Waals surface area contributed by atoms with Crippen LogP contribution in [0.5, 0.6) is 0 Å². The highest BCUT2D eigenvalue weighted by Crippen LogP contribution is 2.18. The SMILES string of the molecule is NC(CCl)=Nc1cccc(NC(=O)N2CCOCC2)c1. The minimum Gasteiger partial charge on any atom is -0.386 e. The molecule has 0 aliphatic carbocycles. The third kappa shape index (κ3) is 4.11. The van der Waals surface area contributed by atoms with Gasteiger partial charge in [-0.25, -0.2) is 9.79 Å². The van der Waals surface area contributed by atoms with Crippen molar-refractivity contribution in [2.24, 2.45) is 10.7 Å². The van der Waals surface area contributed by atoms with E-state index in [1.54, 1.807) is 29.2 Å². The van der Waals surface area contributed by atoms with Gasteiger partial charge >= 0.3 is 6.03 Å². The number of morpholine rings is 1. The number of benzene rings is 1. The molecule has 108 valence electrons. The van der Waals surface area contributed by atoms with E-state index in [-0.39, 0.29) is 11.9 Å². The van der Waals surface area contributed by atoms with E-state index in [0.717, 1.165) is 0 Å². The zero-order chi connectivity index (χ0) is 14.4. The summed E-state index contributed by atoms with van der Waals surface area (Å²) in [5, 5.41) is 2.83. The molecular formula is C13H17ClN4O2. The Labute approximate surface area is 122 Å². The summed E-state index contributed by atoms with van der Waals surface area (Å²) < 4.78 is 5.21. The summed E-state index contributed by atoms with van der Waals surface area (Å²) in [4.78, 5) is 17.9. The second kappa shape index (κ2) is 7.12. The number of alkyl halides is 1. The smallest absolute Gasteiger partial charge is 0.322 e. The maximum Gasteiger partial charge on any atom is 0.322 e. The number of amides is 2. The first-order chi connectivity index (χ1) is 9.69. The van der Waals surface area contributed by atoms with Gasteiger partial charge in [0.05, 0.1) is 24.8 Å². The van der Waals surface area contributed by atoms with Crippen LogP contribution >= 0.6 is 11.6 Å². The Hall–Kier alpha value is -1.79. The number of aliphatic imine (C=N–C) groups is 1. The molecule has 2 rings (SSSR count). The largest absolute Gasteiger partial charge is 0.386 e. The summed E-state index contributed by atoms with van der Waals surface area (Å²) in [7, 11) is 0. The first kappa shape index (κ1) is 14.6. The Morgan fingerprint density at radius 1 is 1.45 bits per heavy atom. The summed E-state index contributed by atoms with van der Waals surface area (Å²) in [6, 6.07) is 7.00. The minimum atomic E-state index is -0.139. The average molecular weight is 297 g/mol. The van der Waals surface area contributed by atoms with Gasteiger partial charge in [0.25, 0.3) is 0 Å². The Kier molecular flexibility index (Phi) is 5.20. The second-order valence-electron chi connectivity index (χ2n) is 4.32. The maximum absolute atomic E-state index is 12.0. The molecule has 0 radical (unpaired) electrons. The van der Waals surface area contributed by atoms with E-state index in [4.69, 9.17) is 22.1 Å². The van der Waals surface area contributed by atoms with E-state index in [1.165, 1.54) is 0 Å². The molecule has 1 aromatic carbocycles. The molecule has 0 aromatic heterocycles. The molecule has 2 amide bonds. The summed E-state index contributed by atoms with van der Waals surface area (Å²) in [6.45, 7) is 2.35. The van der Waals surface area contributed by atoms with Gasteiger partial charge in [0.2, 0.25) is 0 Å². The molecule has 0 atom stereocenters. The second-order valence-corrected chi connectivity index (χ2v) is 4.58. The van der Waals surface area contributed by atoms with Gasteiger partial charge in [0, 0.05) is 18.8 Å². The number of ether oxygens (including phenoxy) is 1. The lowest BCUT2D eigenvalue weighted by molar-refractivity contribution is 0.0564. The molecule has 0 unspecified atom stereocenters. The Bertz CT molecular complexity index is 501. The van der Waals surface area contributed by atoms with E-state index in [9.17, 15) is 4.79 Å². The Balaban J connectivity index is 2.02. The van der Waals surface area contributed by atoms with Crippen molar-refractivity contribution in [3.8, 4) is 0 Å². The van der Waals surface area contributed by atoms with Crippen LogP contribution in [0.2, 0.25) is 0 Å². The van der Waals surface area contributed by atoms with Crippen LogP contribution in [0.4, 0.5) is 16.2 Å². The molecule has 3 N–H and O–H groups in total. The van der Waals surface area contributed by atoms with E-state index in [0.29, 0.717) is 43.5 Å². The Morgan fingerprint density at radius 3 is 2.90 bits per heavy atom. The fraction of sp³-hybridized carbons (Fsp3) is 0.385. The average Bonchev–Trinajstić information content (AvgIpc) is 2.48. The molecule has 0 bridgehead atoms. The summed E-state index contributed by atoms with van der Waals surface area (Å²) in [6.07, 6.45) is 0. The van der Waals surface area contributed by atoms with Gasteiger partial charge in [0.1, 0.15) is 5.84 Å². The van der Waals surface area contributed by atoms with Crippen LogP contribution in [-0.4, -0.2) is 48.9 Å². The molecule has 0 saturated carbocycles. The number of rotatable bonds is 3.